The molecule has 0 heterocycles. The zero-order chi connectivity index (χ0) is 42.0. The van der Waals surface area contributed by atoms with Crippen molar-refractivity contribution in [2.24, 2.45) is 0 Å². The fraction of sp³-hybridized carbons (Fsp3) is 0. The molecule has 0 amide bonds. The molecule has 0 N–H and O–H groups in total. The van der Waals surface area contributed by atoms with Crippen LogP contribution in [0, 0.1) is 0 Å². The predicted molar refractivity (Wildman–Crippen MR) is 269 cm³/mol. The Morgan fingerprint density at radius 2 is 0.651 bits per heavy atom. The summed E-state index contributed by atoms with van der Waals surface area (Å²) in [4.78, 5) is 2.41. The monoisotopic (exact) mass is 801 g/mol. The fourth-order valence-electron chi connectivity index (χ4n) is 9.16. The first-order valence-corrected chi connectivity index (χ1v) is 21.7. The van der Waals surface area contributed by atoms with Crippen LogP contribution in [-0.2, 0) is 0 Å². The summed E-state index contributed by atoms with van der Waals surface area (Å²) in [6.45, 7) is 0. The molecule has 1 nitrogen and oxygen atoms in total. The highest BCUT2D eigenvalue weighted by molar-refractivity contribution is 6.04. The van der Waals surface area contributed by atoms with Crippen LogP contribution in [0.5, 0.6) is 0 Å². The minimum Gasteiger partial charge on any atom is -0.310 e. The van der Waals surface area contributed by atoms with E-state index in [1.54, 1.807) is 0 Å². The molecule has 11 rings (SSSR count). The summed E-state index contributed by atoms with van der Waals surface area (Å²) in [5.41, 5.74) is 17.6. The van der Waals surface area contributed by atoms with Gasteiger partial charge in [-0.3, -0.25) is 0 Å². The van der Waals surface area contributed by atoms with Crippen LogP contribution in [0.3, 0.4) is 0 Å². The van der Waals surface area contributed by atoms with Gasteiger partial charge in [0.05, 0.1) is 5.69 Å². The van der Waals surface area contributed by atoms with Crippen molar-refractivity contribution in [3.05, 3.63) is 261 Å². The molecule has 0 radical (unpaired) electrons. The smallest absolute Gasteiger partial charge is 0.0540 e. The van der Waals surface area contributed by atoms with Crippen LogP contribution in [0.2, 0.25) is 0 Å². The van der Waals surface area contributed by atoms with E-state index in [0.717, 1.165) is 28.2 Å². The first kappa shape index (κ1) is 37.7. The van der Waals surface area contributed by atoms with Gasteiger partial charge in [0.1, 0.15) is 0 Å². The first-order chi connectivity index (χ1) is 31.2. The normalized spacial score (nSPS) is 11.2. The predicted octanol–water partition coefficient (Wildman–Crippen LogP) is 17.5. The van der Waals surface area contributed by atoms with E-state index in [1.165, 1.54) is 77.2 Å². The first-order valence-electron chi connectivity index (χ1n) is 21.7. The van der Waals surface area contributed by atoms with Gasteiger partial charge in [-0.05, 0) is 119 Å². The molecule has 63 heavy (non-hydrogen) atoms. The van der Waals surface area contributed by atoms with Crippen LogP contribution < -0.4 is 4.90 Å². The topological polar surface area (TPSA) is 3.24 Å². The van der Waals surface area contributed by atoms with Crippen molar-refractivity contribution in [2.45, 2.75) is 0 Å². The molecule has 11 aromatic carbocycles. The average Bonchev–Trinajstić information content (AvgIpc) is 3.37. The van der Waals surface area contributed by atoms with Crippen LogP contribution in [0.25, 0.3) is 88.3 Å². The summed E-state index contributed by atoms with van der Waals surface area (Å²) < 4.78 is 0. The van der Waals surface area contributed by atoms with Gasteiger partial charge in [-0.1, -0.05) is 224 Å². The Labute approximate surface area is 369 Å². The number of nitrogens with zero attached hydrogens (tertiary/aromatic N) is 1. The summed E-state index contributed by atoms with van der Waals surface area (Å²) in [5, 5.41) is 4.99. The molecule has 0 spiro atoms. The van der Waals surface area contributed by atoms with Crippen LogP contribution in [0.1, 0.15) is 0 Å². The van der Waals surface area contributed by atoms with Crippen molar-refractivity contribution in [1.29, 1.82) is 0 Å². The minimum atomic E-state index is 1.08. The molecule has 0 aliphatic heterocycles. The number of anilines is 3. The molecule has 0 bridgehead atoms. The van der Waals surface area contributed by atoms with E-state index in [9.17, 15) is 0 Å². The van der Waals surface area contributed by atoms with Crippen LogP contribution in [0.15, 0.2) is 261 Å². The van der Waals surface area contributed by atoms with Crippen molar-refractivity contribution in [3.8, 4) is 66.8 Å². The van der Waals surface area contributed by atoms with Crippen molar-refractivity contribution in [1.82, 2.24) is 0 Å². The SMILES string of the molecule is c1ccc(-c2ccc(N(c3ccc(-c4ccc(-c5cccc6ccccc56)cc4)cc3)c3ccc(-c4c(-c5ccccc5)ccc5ccccc45)cc3)c(-c3ccccc3)c2)cc1. The van der Waals surface area contributed by atoms with Gasteiger partial charge in [-0.15, -0.1) is 0 Å². The Morgan fingerprint density at radius 1 is 0.222 bits per heavy atom. The maximum atomic E-state index is 2.41. The lowest BCUT2D eigenvalue weighted by Gasteiger charge is -2.29. The van der Waals surface area contributed by atoms with E-state index in [2.05, 4.69) is 266 Å². The Hall–Kier alpha value is -8.26. The lowest BCUT2D eigenvalue weighted by atomic mass is 9.89. The molecular weight excluding hydrogens is 759 g/mol. The maximum Gasteiger partial charge on any atom is 0.0540 e. The Bertz CT molecular complexity index is 3330. The highest BCUT2D eigenvalue weighted by atomic mass is 15.1. The van der Waals surface area contributed by atoms with Gasteiger partial charge in [0.2, 0.25) is 0 Å². The molecule has 0 fully saturated rings. The van der Waals surface area contributed by atoms with E-state index in [-0.39, 0.29) is 0 Å². The quantitative estimate of drug-likeness (QED) is 0.141. The maximum absolute atomic E-state index is 2.41. The Balaban J connectivity index is 1.03. The number of hydrogen-bond acceptors (Lipinski definition) is 1. The van der Waals surface area contributed by atoms with Gasteiger partial charge in [-0.2, -0.15) is 0 Å². The van der Waals surface area contributed by atoms with Crippen LogP contribution >= 0.6 is 0 Å². The van der Waals surface area contributed by atoms with Gasteiger partial charge in [-0.25, -0.2) is 0 Å². The molecular formula is C62H43N. The third kappa shape index (κ3) is 7.37. The summed E-state index contributed by atoms with van der Waals surface area (Å²) in [7, 11) is 0. The molecule has 0 aliphatic rings. The zero-order valence-electron chi connectivity index (χ0n) is 34.8. The number of fused-ring (bicyclic) bond motifs is 2. The molecule has 0 unspecified atom stereocenters. The lowest BCUT2D eigenvalue weighted by molar-refractivity contribution is 1.28. The van der Waals surface area contributed by atoms with E-state index in [4.69, 9.17) is 0 Å². The average molecular weight is 802 g/mol. The fourth-order valence-corrected chi connectivity index (χ4v) is 9.16. The Kier molecular flexibility index (Phi) is 9.97. The van der Waals surface area contributed by atoms with Crippen molar-refractivity contribution >= 4 is 38.6 Å². The number of rotatable bonds is 9. The minimum absolute atomic E-state index is 1.08. The zero-order valence-corrected chi connectivity index (χ0v) is 34.8. The summed E-state index contributed by atoms with van der Waals surface area (Å²) in [5.74, 6) is 0. The van der Waals surface area contributed by atoms with Gasteiger partial charge in [0.15, 0.2) is 0 Å². The van der Waals surface area contributed by atoms with Crippen molar-refractivity contribution in [2.75, 3.05) is 4.90 Å². The molecule has 296 valence electrons. The second-order valence-electron chi connectivity index (χ2n) is 16.1. The molecule has 0 saturated heterocycles. The molecule has 1 heteroatoms. The van der Waals surface area contributed by atoms with Crippen molar-refractivity contribution < 1.29 is 0 Å². The van der Waals surface area contributed by atoms with Crippen LogP contribution in [-0.4, -0.2) is 0 Å². The third-order valence-corrected chi connectivity index (χ3v) is 12.3. The van der Waals surface area contributed by atoms with Gasteiger partial charge >= 0.3 is 0 Å². The van der Waals surface area contributed by atoms with Crippen molar-refractivity contribution in [3.63, 3.8) is 0 Å². The van der Waals surface area contributed by atoms with E-state index >= 15 is 0 Å². The Morgan fingerprint density at radius 3 is 1.29 bits per heavy atom. The summed E-state index contributed by atoms with van der Waals surface area (Å²) in [6.07, 6.45) is 0. The van der Waals surface area contributed by atoms with E-state index in [0.29, 0.717) is 0 Å². The van der Waals surface area contributed by atoms with Crippen LogP contribution in [0.4, 0.5) is 17.1 Å². The molecule has 0 saturated carbocycles. The van der Waals surface area contributed by atoms with Gasteiger partial charge in [0, 0.05) is 16.9 Å². The molecule has 0 atom stereocenters. The van der Waals surface area contributed by atoms with Gasteiger partial charge in [0.25, 0.3) is 0 Å². The number of benzene rings is 11. The second-order valence-corrected chi connectivity index (χ2v) is 16.1. The van der Waals surface area contributed by atoms with Gasteiger partial charge < -0.3 is 4.90 Å². The third-order valence-electron chi connectivity index (χ3n) is 12.3. The molecule has 11 aromatic rings. The number of hydrogen-bond donors (Lipinski definition) is 0. The van der Waals surface area contributed by atoms with E-state index in [1.807, 2.05) is 0 Å². The molecule has 0 aromatic heterocycles. The largest absolute Gasteiger partial charge is 0.310 e. The highest BCUT2D eigenvalue weighted by Gasteiger charge is 2.20. The van der Waals surface area contributed by atoms with E-state index < -0.39 is 0 Å². The lowest BCUT2D eigenvalue weighted by Crippen LogP contribution is -2.11. The standard InChI is InChI=1S/C62H43N/c1-4-15-44(16-5-1)53-36-42-61(60(43-53)49-19-8-3-9-20-49)63(54-37-31-46(32-38-54)45-27-29-51(30-28-45)57-26-14-23-47-21-10-12-24-56(47)57)55-39-33-52(34-40-55)62-58-25-13-11-22-50(58)35-41-59(62)48-17-6-2-7-18-48/h1-43H. The summed E-state index contributed by atoms with van der Waals surface area (Å²) in [6, 6.07) is 94.6. The summed E-state index contributed by atoms with van der Waals surface area (Å²) >= 11 is 0. The molecule has 0 aliphatic carbocycles. The second kappa shape index (κ2) is 16.7. The highest BCUT2D eigenvalue weighted by Crippen LogP contribution is 2.45.